The quantitative estimate of drug-likeness (QED) is 0.152. The lowest BCUT2D eigenvalue weighted by Gasteiger charge is -2.29. The molecule has 0 unspecified atom stereocenters. The summed E-state index contributed by atoms with van der Waals surface area (Å²) in [5.74, 6) is 2.92. The van der Waals surface area contributed by atoms with E-state index < -0.39 is 0 Å². The number of fused-ring (bicyclic) bond motifs is 5. The summed E-state index contributed by atoms with van der Waals surface area (Å²) < 4.78 is 9.58. The first kappa shape index (κ1) is 28.4. The maximum absolute atomic E-state index is 7.25. The molecule has 5 aromatic rings. The topological polar surface area (TPSA) is 13.1 Å². The van der Waals surface area contributed by atoms with Gasteiger partial charge in [-0.15, -0.1) is 0 Å². The van der Waals surface area contributed by atoms with Gasteiger partial charge in [0, 0.05) is 17.0 Å². The summed E-state index contributed by atoms with van der Waals surface area (Å²) in [6.45, 7) is 16.3. The van der Waals surface area contributed by atoms with Gasteiger partial charge in [-0.3, -0.25) is 0 Å². The second-order valence-corrected chi connectivity index (χ2v) is 16.1. The van der Waals surface area contributed by atoms with E-state index in [0.29, 0.717) is 0 Å². The molecule has 1 aliphatic carbocycles. The van der Waals surface area contributed by atoms with Crippen LogP contribution in [0.5, 0.6) is 11.5 Å². The maximum Gasteiger partial charge on any atom is 0.228 e. The standard InChI is InChI=1S/C41H48NO/c1-25-33-21-28(23-40(2,3)4)14-16-32(33)34(24-41(5,6)7)39-35(25)37-36-29(17-18-42(37)8)22-30-20-27(19-26-11-9-10-12-26)13-15-31(30)38(36)43-39/h13-18,20-22,26H,9-12,19,23-24H2,1-8H3/q+1. The molecular formula is C41H48NO+. The van der Waals surface area contributed by atoms with Crippen molar-refractivity contribution in [3.8, 4) is 22.8 Å². The van der Waals surface area contributed by atoms with E-state index in [4.69, 9.17) is 4.74 Å². The Morgan fingerprint density at radius 3 is 2.16 bits per heavy atom. The molecule has 1 fully saturated rings. The summed E-state index contributed by atoms with van der Waals surface area (Å²) in [5, 5.41) is 7.72. The zero-order valence-corrected chi connectivity index (χ0v) is 27.6. The van der Waals surface area contributed by atoms with Crippen molar-refractivity contribution < 1.29 is 9.30 Å². The second-order valence-electron chi connectivity index (χ2n) is 16.1. The summed E-state index contributed by atoms with van der Waals surface area (Å²) in [6.07, 6.45) is 11.0. The molecule has 7 rings (SSSR count). The number of aromatic nitrogens is 1. The average Bonchev–Trinajstić information content (AvgIpc) is 3.44. The normalized spacial score (nSPS) is 15.4. The third-order valence-corrected chi connectivity index (χ3v) is 9.83. The van der Waals surface area contributed by atoms with Crippen LogP contribution in [0.15, 0.2) is 54.7 Å². The Balaban J connectivity index is 1.50. The number of hydrogen-bond donors (Lipinski definition) is 0. The molecule has 1 aliphatic heterocycles. The zero-order chi connectivity index (χ0) is 30.3. The van der Waals surface area contributed by atoms with Crippen molar-refractivity contribution in [3.05, 3.63) is 77.0 Å². The molecule has 2 aliphatic rings. The van der Waals surface area contributed by atoms with Gasteiger partial charge < -0.3 is 4.74 Å². The van der Waals surface area contributed by atoms with Crippen molar-refractivity contribution in [1.29, 1.82) is 0 Å². The first-order valence-electron chi connectivity index (χ1n) is 16.5. The summed E-state index contributed by atoms with van der Waals surface area (Å²) in [5.41, 5.74) is 8.42. The van der Waals surface area contributed by atoms with Crippen molar-refractivity contribution >= 4 is 32.3 Å². The van der Waals surface area contributed by atoms with Crippen LogP contribution in [-0.4, -0.2) is 0 Å². The van der Waals surface area contributed by atoms with E-state index >= 15 is 0 Å². The Hall–Kier alpha value is -3.39. The smallest absolute Gasteiger partial charge is 0.228 e. The SMILES string of the molecule is Cc1c2c(c(CC(C)(C)C)c3ccc(CC(C)(C)C)cc13)Oc1c3ccc(CC4CCCC4)cc3cc3cc[n+](C)c-2c13. The number of nitrogens with zero attached hydrogens (tertiary/aromatic N) is 1. The third-order valence-electron chi connectivity index (χ3n) is 9.83. The molecule has 0 bridgehead atoms. The van der Waals surface area contributed by atoms with Crippen molar-refractivity contribution in [2.24, 2.45) is 23.8 Å². The third kappa shape index (κ3) is 5.11. The fourth-order valence-corrected chi connectivity index (χ4v) is 8.02. The van der Waals surface area contributed by atoms with E-state index in [1.165, 1.54) is 97.9 Å². The van der Waals surface area contributed by atoms with Gasteiger partial charge in [0.15, 0.2) is 6.20 Å². The minimum atomic E-state index is 0.117. The lowest BCUT2D eigenvalue weighted by atomic mass is 9.80. The molecule has 0 radical (unpaired) electrons. The van der Waals surface area contributed by atoms with Crippen LogP contribution in [0.25, 0.3) is 43.6 Å². The predicted molar refractivity (Wildman–Crippen MR) is 182 cm³/mol. The fourth-order valence-electron chi connectivity index (χ4n) is 8.02. The predicted octanol–water partition coefficient (Wildman–Crippen LogP) is 11.0. The van der Waals surface area contributed by atoms with Crippen molar-refractivity contribution in [2.45, 2.75) is 93.4 Å². The van der Waals surface area contributed by atoms with Crippen LogP contribution in [0.4, 0.5) is 0 Å². The van der Waals surface area contributed by atoms with E-state index in [9.17, 15) is 0 Å². The Morgan fingerprint density at radius 1 is 0.744 bits per heavy atom. The molecule has 222 valence electrons. The second kappa shape index (κ2) is 10.1. The Labute approximate surface area is 258 Å². The van der Waals surface area contributed by atoms with Crippen LogP contribution >= 0.6 is 0 Å². The minimum Gasteiger partial charge on any atom is -0.455 e. The van der Waals surface area contributed by atoms with Gasteiger partial charge in [-0.05, 0) is 87.2 Å². The first-order chi connectivity index (χ1) is 20.4. The largest absolute Gasteiger partial charge is 0.455 e. The lowest BCUT2D eigenvalue weighted by Crippen LogP contribution is -2.32. The van der Waals surface area contributed by atoms with E-state index in [2.05, 4.69) is 115 Å². The highest BCUT2D eigenvalue weighted by atomic mass is 16.5. The number of ether oxygens (including phenoxy) is 1. The molecule has 2 nitrogen and oxygen atoms in total. The van der Waals surface area contributed by atoms with Gasteiger partial charge in [0.05, 0.1) is 10.9 Å². The van der Waals surface area contributed by atoms with Crippen LogP contribution in [0.3, 0.4) is 0 Å². The summed E-state index contributed by atoms with van der Waals surface area (Å²) in [7, 11) is 2.20. The Morgan fingerprint density at radius 2 is 1.44 bits per heavy atom. The highest BCUT2D eigenvalue weighted by Gasteiger charge is 2.35. The van der Waals surface area contributed by atoms with Gasteiger partial charge in [-0.25, -0.2) is 4.57 Å². The Kier molecular flexibility index (Phi) is 6.65. The maximum atomic E-state index is 7.25. The van der Waals surface area contributed by atoms with Gasteiger partial charge in [0.2, 0.25) is 5.69 Å². The highest BCUT2D eigenvalue weighted by molar-refractivity contribution is 6.13. The lowest BCUT2D eigenvalue weighted by molar-refractivity contribution is -0.659. The molecule has 0 N–H and O–H groups in total. The van der Waals surface area contributed by atoms with Gasteiger partial charge in [0.1, 0.15) is 18.5 Å². The van der Waals surface area contributed by atoms with Gasteiger partial charge in [0.25, 0.3) is 0 Å². The molecular weight excluding hydrogens is 522 g/mol. The van der Waals surface area contributed by atoms with E-state index in [1.807, 2.05) is 0 Å². The molecule has 43 heavy (non-hydrogen) atoms. The molecule has 0 spiro atoms. The van der Waals surface area contributed by atoms with Crippen molar-refractivity contribution in [2.75, 3.05) is 0 Å². The fraction of sp³-hybridized carbons (Fsp3) is 0.439. The van der Waals surface area contributed by atoms with Crippen molar-refractivity contribution in [3.63, 3.8) is 0 Å². The summed E-state index contributed by atoms with van der Waals surface area (Å²) in [6, 6.07) is 19.0. The number of pyridine rings is 1. The van der Waals surface area contributed by atoms with E-state index in [-0.39, 0.29) is 10.8 Å². The minimum absolute atomic E-state index is 0.117. The van der Waals surface area contributed by atoms with Gasteiger partial charge in [-0.2, -0.15) is 0 Å². The molecule has 1 saturated carbocycles. The molecule has 0 atom stereocenters. The van der Waals surface area contributed by atoms with Crippen LogP contribution in [0.2, 0.25) is 0 Å². The molecule has 4 aromatic carbocycles. The van der Waals surface area contributed by atoms with Crippen LogP contribution < -0.4 is 9.30 Å². The highest BCUT2D eigenvalue weighted by Crippen LogP contribution is 2.53. The van der Waals surface area contributed by atoms with E-state index in [1.54, 1.807) is 0 Å². The number of rotatable bonds is 4. The van der Waals surface area contributed by atoms with Crippen LogP contribution in [0.1, 0.15) is 89.5 Å². The zero-order valence-electron chi connectivity index (χ0n) is 27.6. The molecule has 1 aromatic heterocycles. The van der Waals surface area contributed by atoms with Gasteiger partial charge in [-0.1, -0.05) is 104 Å². The van der Waals surface area contributed by atoms with E-state index in [0.717, 1.165) is 30.3 Å². The Bertz CT molecular complexity index is 1910. The molecule has 2 heterocycles. The first-order valence-corrected chi connectivity index (χ1v) is 16.5. The average molecular weight is 571 g/mol. The molecule has 0 saturated heterocycles. The van der Waals surface area contributed by atoms with Crippen LogP contribution in [0, 0.1) is 23.7 Å². The van der Waals surface area contributed by atoms with Crippen molar-refractivity contribution in [1.82, 2.24) is 0 Å². The number of hydrogen-bond acceptors (Lipinski definition) is 1. The van der Waals surface area contributed by atoms with Crippen LogP contribution in [-0.2, 0) is 26.3 Å². The summed E-state index contributed by atoms with van der Waals surface area (Å²) in [4.78, 5) is 0. The van der Waals surface area contributed by atoms with Gasteiger partial charge >= 0.3 is 0 Å². The molecule has 2 heteroatoms. The summed E-state index contributed by atoms with van der Waals surface area (Å²) >= 11 is 0. The monoisotopic (exact) mass is 570 g/mol. The number of benzene rings is 4. The molecule has 0 amide bonds. The number of aryl methyl sites for hydroxylation is 2.